The summed E-state index contributed by atoms with van der Waals surface area (Å²) in [7, 11) is 0. The van der Waals surface area contributed by atoms with Gasteiger partial charge in [-0.05, 0) is 35.4 Å². The summed E-state index contributed by atoms with van der Waals surface area (Å²) in [6.07, 6.45) is 0. The molecule has 0 spiro atoms. The molecular formula is C22H21N3O2. The third-order valence-corrected chi connectivity index (χ3v) is 4.92. The SMILES string of the molecule is C[C@@H](NCC(=O)N1CC(=O)Nc2ccccc21)c1cccc2ccccc12. The van der Waals surface area contributed by atoms with Crippen LogP contribution in [0, 0.1) is 0 Å². The van der Waals surface area contributed by atoms with E-state index in [0.717, 1.165) is 11.3 Å². The number of fused-ring (bicyclic) bond motifs is 2. The van der Waals surface area contributed by atoms with Crippen LogP contribution in [0.2, 0.25) is 0 Å². The number of hydrogen-bond acceptors (Lipinski definition) is 3. The van der Waals surface area contributed by atoms with Crippen molar-refractivity contribution < 1.29 is 9.59 Å². The molecule has 3 aromatic carbocycles. The first-order chi connectivity index (χ1) is 13.1. The zero-order valence-corrected chi connectivity index (χ0v) is 15.1. The van der Waals surface area contributed by atoms with Gasteiger partial charge in [0.05, 0.1) is 17.9 Å². The van der Waals surface area contributed by atoms with Crippen LogP contribution in [0.3, 0.4) is 0 Å². The fraction of sp³-hybridized carbons (Fsp3) is 0.182. The van der Waals surface area contributed by atoms with Crippen LogP contribution in [0.4, 0.5) is 11.4 Å². The van der Waals surface area contributed by atoms with Crippen LogP contribution in [0.5, 0.6) is 0 Å². The van der Waals surface area contributed by atoms with E-state index < -0.39 is 0 Å². The lowest BCUT2D eigenvalue weighted by atomic mass is 10.00. The molecule has 0 radical (unpaired) electrons. The number of amides is 2. The fourth-order valence-corrected chi connectivity index (χ4v) is 3.53. The third-order valence-electron chi connectivity index (χ3n) is 4.92. The van der Waals surface area contributed by atoms with E-state index in [0.29, 0.717) is 5.69 Å². The van der Waals surface area contributed by atoms with Crippen LogP contribution in [0.15, 0.2) is 66.7 Å². The van der Waals surface area contributed by atoms with E-state index in [1.807, 2.05) is 43.3 Å². The quantitative estimate of drug-likeness (QED) is 0.750. The van der Waals surface area contributed by atoms with E-state index in [1.165, 1.54) is 15.7 Å². The Labute approximate surface area is 158 Å². The Morgan fingerprint density at radius 1 is 1.07 bits per heavy atom. The molecule has 0 saturated carbocycles. The molecule has 2 amide bonds. The zero-order valence-electron chi connectivity index (χ0n) is 15.1. The predicted molar refractivity (Wildman–Crippen MR) is 108 cm³/mol. The molecule has 0 fully saturated rings. The van der Waals surface area contributed by atoms with E-state index in [1.54, 1.807) is 6.07 Å². The first-order valence-corrected chi connectivity index (χ1v) is 9.04. The van der Waals surface area contributed by atoms with Crippen molar-refractivity contribution in [3.8, 4) is 0 Å². The summed E-state index contributed by atoms with van der Waals surface area (Å²) >= 11 is 0. The van der Waals surface area contributed by atoms with E-state index >= 15 is 0 Å². The Hall–Kier alpha value is -3.18. The molecule has 1 atom stereocenters. The molecular weight excluding hydrogens is 338 g/mol. The molecule has 27 heavy (non-hydrogen) atoms. The van der Waals surface area contributed by atoms with Crippen LogP contribution in [0.1, 0.15) is 18.5 Å². The molecule has 136 valence electrons. The van der Waals surface area contributed by atoms with Crippen molar-refractivity contribution in [1.29, 1.82) is 0 Å². The maximum atomic E-state index is 12.8. The highest BCUT2D eigenvalue weighted by Gasteiger charge is 2.26. The maximum absolute atomic E-state index is 12.8. The minimum atomic E-state index is -0.177. The van der Waals surface area contributed by atoms with Gasteiger partial charge in [0.15, 0.2) is 0 Å². The van der Waals surface area contributed by atoms with Gasteiger partial charge in [0.1, 0.15) is 6.54 Å². The normalized spacial score (nSPS) is 14.6. The lowest BCUT2D eigenvalue weighted by molar-refractivity contribution is -0.121. The van der Waals surface area contributed by atoms with Gasteiger partial charge < -0.3 is 10.6 Å². The van der Waals surface area contributed by atoms with Crippen LogP contribution >= 0.6 is 0 Å². The molecule has 0 aromatic heterocycles. The molecule has 1 aliphatic heterocycles. The number of benzene rings is 3. The van der Waals surface area contributed by atoms with E-state index in [2.05, 4.69) is 34.9 Å². The number of carbonyl (C=O) groups excluding carboxylic acids is 2. The number of carbonyl (C=O) groups is 2. The second-order valence-corrected chi connectivity index (χ2v) is 6.72. The van der Waals surface area contributed by atoms with Crippen molar-refractivity contribution in [2.45, 2.75) is 13.0 Å². The van der Waals surface area contributed by atoms with Gasteiger partial charge in [-0.3, -0.25) is 14.5 Å². The molecule has 0 saturated heterocycles. The minimum Gasteiger partial charge on any atom is -0.323 e. The lowest BCUT2D eigenvalue weighted by Crippen LogP contribution is -2.46. The Kier molecular flexibility index (Phi) is 4.60. The molecule has 1 aliphatic rings. The van der Waals surface area contributed by atoms with Gasteiger partial charge in [0.2, 0.25) is 11.8 Å². The summed E-state index contributed by atoms with van der Waals surface area (Å²) in [6, 6.07) is 21.8. The summed E-state index contributed by atoms with van der Waals surface area (Å²) in [5.41, 5.74) is 2.56. The molecule has 4 rings (SSSR count). The van der Waals surface area contributed by atoms with Crippen molar-refractivity contribution in [2.24, 2.45) is 0 Å². The second kappa shape index (κ2) is 7.21. The van der Waals surface area contributed by atoms with Crippen molar-refractivity contribution in [3.63, 3.8) is 0 Å². The first kappa shape index (κ1) is 17.2. The van der Waals surface area contributed by atoms with Crippen molar-refractivity contribution in [1.82, 2.24) is 5.32 Å². The van der Waals surface area contributed by atoms with Crippen molar-refractivity contribution >= 4 is 34.0 Å². The van der Waals surface area contributed by atoms with Crippen LogP contribution in [-0.2, 0) is 9.59 Å². The molecule has 2 N–H and O–H groups in total. The topological polar surface area (TPSA) is 61.4 Å². The lowest BCUT2D eigenvalue weighted by Gasteiger charge is -2.29. The molecule has 0 bridgehead atoms. The zero-order chi connectivity index (χ0) is 18.8. The van der Waals surface area contributed by atoms with Gasteiger partial charge in [0, 0.05) is 6.04 Å². The summed E-state index contributed by atoms with van der Waals surface area (Å²) in [4.78, 5) is 26.2. The molecule has 5 heteroatoms. The molecule has 5 nitrogen and oxygen atoms in total. The predicted octanol–water partition coefficient (Wildman–Crippen LogP) is 3.48. The number of nitrogens with zero attached hydrogens (tertiary/aromatic N) is 1. The molecule has 0 aliphatic carbocycles. The molecule has 3 aromatic rings. The van der Waals surface area contributed by atoms with Crippen molar-refractivity contribution in [2.75, 3.05) is 23.3 Å². The number of nitrogens with one attached hydrogen (secondary N) is 2. The number of anilines is 2. The standard InChI is InChI=1S/C22H21N3O2/c1-15(17-10-6-8-16-7-2-3-9-18(16)17)23-13-22(27)25-14-21(26)24-19-11-4-5-12-20(19)25/h2-12,15,23H,13-14H2,1H3,(H,24,26)/t15-/m1/s1. The van der Waals surface area contributed by atoms with E-state index in [4.69, 9.17) is 0 Å². The smallest absolute Gasteiger partial charge is 0.244 e. The average molecular weight is 359 g/mol. The highest BCUT2D eigenvalue weighted by molar-refractivity contribution is 6.10. The largest absolute Gasteiger partial charge is 0.323 e. The average Bonchev–Trinajstić information content (AvgIpc) is 2.70. The molecule has 1 heterocycles. The Morgan fingerprint density at radius 3 is 2.70 bits per heavy atom. The van der Waals surface area contributed by atoms with Gasteiger partial charge in [-0.1, -0.05) is 54.6 Å². The Balaban J connectivity index is 1.50. The van der Waals surface area contributed by atoms with Gasteiger partial charge >= 0.3 is 0 Å². The van der Waals surface area contributed by atoms with Crippen LogP contribution < -0.4 is 15.5 Å². The van der Waals surface area contributed by atoms with Gasteiger partial charge in [0.25, 0.3) is 0 Å². The van der Waals surface area contributed by atoms with Crippen LogP contribution in [-0.4, -0.2) is 24.9 Å². The monoisotopic (exact) mass is 359 g/mol. The van der Waals surface area contributed by atoms with Crippen LogP contribution in [0.25, 0.3) is 10.8 Å². The maximum Gasteiger partial charge on any atom is 0.244 e. The molecule has 0 unspecified atom stereocenters. The summed E-state index contributed by atoms with van der Waals surface area (Å²) in [5.74, 6) is -0.298. The fourth-order valence-electron chi connectivity index (χ4n) is 3.53. The van der Waals surface area contributed by atoms with E-state index in [9.17, 15) is 9.59 Å². The van der Waals surface area contributed by atoms with Crippen molar-refractivity contribution in [3.05, 3.63) is 72.3 Å². The third kappa shape index (κ3) is 3.41. The first-order valence-electron chi connectivity index (χ1n) is 9.04. The van der Waals surface area contributed by atoms with Gasteiger partial charge in [-0.25, -0.2) is 0 Å². The Bertz CT molecular complexity index is 1010. The van der Waals surface area contributed by atoms with E-state index in [-0.39, 0.29) is 30.9 Å². The Morgan fingerprint density at radius 2 is 1.81 bits per heavy atom. The number of para-hydroxylation sites is 2. The summed E-state index contributed by atoms with van der Waals surface area (Å²) < 4.78 is 0. The summed E-state index contributed by atoms with van der Waals surface area (Å²) in [5, 5.41) is 8.47. The highest BCUT2D eigenvalue weighted by Crippen LogP contribution is 2.29. The van der Waals surface area contributed by atoms with Gasteiger partial charge in [-0.2, -0.15) is 0 Å². The second-order valence-electron chi connectivity index (χ2n) is 6.72. The number of hydrogen-bond donors (Lipinski definition) is 2. The number of rotatable bonds is 4. The summed E-state index contributed by atoms with van der Waals surface area (Å²) in [6.45, 7) is 2.25. The van der Waals surface area contributed by atoms with Gasteiger partial charge in [-0.15, -0.1) is 0 Å². The highest BCUT2D eigenvalue weighted by atomic mass is 16.2. The minimum absolute atomic E-state index is 0.00825.